The van der Waals surface area contributed by atoms with E-state index in [1.54, 1.807) is 30.3 Å². The third-order valence-electron chi connectivity index (χ3n) is 3.63. The summed E-state index contributed by atoms with van der Waals surface area (Å²) in [6.45, 7) is 0.135. The van der Waals surface area contributed by atoms with Crippen molar-refractivity contribution in [3.8, 4) is 0 Å². The Kier molecular flexibility index (Phi) is 5.60. The molecule has 0 spiro atoms. The van der Waals surface area contributed by atoms with E-state index in [-0.39, 0.29) is 30.2 Å². The van der Waals surface area contributed by atoms with Gasteiger partial charge in [-0.15, -0.1) is 5.10 Å². The smallest absolute Gasteiger partial charge is 0.335 e. The molecule has 3 rings (SSSR count). The second-order valence-electron chi connectivity index (χ2n) is 5.72. The minimum atomic E-state index is -3.75. The molecule has 0 aliphatic rings. The number of carbonyl (C=O) groups is 1. The van der Waals surface area contributed by atoms with Gasteiger partial charge in [-0.3, -0.25) is 4.79 Å². The number of hydrogen-bond acceptors (Lipinski definition) is 6. The highest BCUT2D eigenvalue weighted by Crippen LogP contribution is 2.15. The zero-order valence-corrected chi connectivity index (χ0v) is 14.9. The zero-order chi connectivity index (χ0) is 19.3. The quantitative estimate of drug-likeness (QED) is 0.664. The van der Waals surface area contributed by atoms with Crippen molar-refractivity contribution < 1.29 is 22.0 Å². The first kappa shape index (κ1) is 18.7. The fraction of sp³-hybridized carbons (Fsp3) is 0.167. The minimum Gasteiger partial charge on any atom is -0.412 e. The van der Waals surface area contributed by atoms with Crippen molar-refractivity contribution in [2.24, 2.45) is 0 Å². The van der Waals surface area contributed by atoms with Crippen LogP contribution in [0.1, 0.15) is 21.8 Å². The molecular formula is C18H16FN3O4S. The van der Waals surface area contributed by atoms with Gasteiger partial charge in [-0.25, -0.2) is 12.8 Å². The number of benzene rings is 2. The van der Waals surface area contributed by atoms with Gasteiger partial charge in [-0.2, -0.15) is 0 Å². The van der Waals surface area contributed by atoms with Crippen molar-refractivity contribution in [2.75, 3.05) is 6.54 Å². The van der Waals surface area contributed by atoms with Crippen molar-refractivity contribution in [3.63, 3.8) is 0 Å². The lowest BCUT2D eigenvalue weighted by Gasteiger charge is -2.03. The van der Waals surface area contributed by atoms with Crippen LogP contribution in [0.15, 0.2) is 64.2 Å². The lowest BCUT2D eigenvalue weighted by atomic mass is 10.2. The van der Waals surface area contributed by atoms with E-state index < -0.39 is 26.8 Å². The Hall–Kier alpha value is -3.07. The zero-order valence-electron chi connectivity index (χ0n) is 14.1. The first-order valence-corrected chi connectivity index (χ1v) is 9.72. The summed E-state index contributed by atoms with van der Waals surface area (Å²) in [5, 5.41) is 9.40. The molecule has 7 nitrogen and oxygen atoms in total. The molecule has 0 bridgehead atoms. The van der Waals surface area contributed by atoms with E-state index in [2.05, 4.69) is 15.5 Å². The van der Waals surface area contributed by atoms with Crippen LogP contribution in [0.25, 0.3) is 0 Å². The molecule has 0 unspecified atom stereocenters. The Balaban J connectivity index is 1.57. The molecule has 0 atom stereocenters. The van der Waals surface area contributed by atoms with Crippen LogP contribution in [0.2, 0.25) is 0 Å². The number of hydrogen-bond donors (Lipinski definition) is 1. The summed E-state index contributed by atoms with van der Waals surface area (Å²) in [6.07, 6.45) is 0.148. The molecule has 1 aromatic heterocycles. The molecule has 1 N–H and O–H groups in total. The number of nitrogens with one attached hydrogen (secondary N) is 1. The summed E-state index contributed by atoms with van der Waals surface area (Å²) < 4.78 is 42.9. The predicted molar refractivity (Wildman–Crippen MR) is 94.1 cm³/mol. The molecule has 0 aliphatic heterocycles. The maximum Gasteiger partial charge on any atom is 0.335 e. The molecule has 0 aliphatic carbocycles. The van der Waals surface area contributed by atoms with E-state index in [1.807, 2.05) is 0 Å². The molecule has 0 saturated carbocycles. The van der Waals surface area contributed by atoms with Crippen LogP contribution in [0.5, 0.6) is 0 Å². The normalized spacial score (nSPS) is 11.3. The SMILES string of the molecule is O=C(NCCc1nnc(S(=O)(=O)Cc2ccccc2)o1)c1cccc(F)c1. The summed E-state index contributed by atoms with van der Waals surface area (Å²) >= 11 is 0. The molecule has 1 heterocycles. The Morgan fingerprint density at radius 3 is 2.59 bits per heavy atom. The van der Waals surface area contributed by atoms with Gasteiger partial charge in [0.15, 0.2) is 0 Å². The van der Waals surface area contributed by atoms with Gasteiger partial charge in [-0.05, 0) is 23.8 Å². The lowest BCUT2D eigenvalue weighted by molar-refractivity contribution is 0.0953. The van der Waals surface area contributed by atoms with Crippen LogP contribution in [-0.4, -0.2) is 31.1 Å². The van der Waals surface area contributed by atoms with Gasteiger partial charge < -0.3 is 9.73 Å². The minimum absolute atomic E-state index is 0.0844. The van der Waals surface area contributed by atoms with E-state index in [4.69, 9.17) is 4.42 Å². The van der Waals surface area contributed by atoms with E-state index >= 15 is 0 Å². The number of nitrogens with zero attached hydrogens (tertiary/aromatic N) is 2. The van der Waals surface area contributed by atoms with E-state index in [1.165, 1.54) is 18.2 Å². The molecule has 2 aromatic carbocycles. The van der Waals surface area contributed by atoms with Crippen LogP contribution >= 0.6 is 0 Å². The summed E-state index contributed by atoms with van der Waals surface area (Å²) in [5.74, 6) is -1.12. The maximum atomic E-state index is 13.1. The number of aromatic nitrogens is 2. The van der Waals surface area contributed by atoms with Gasteiger partial charge in [0.1, 0.15) is 5.82 Å². The first-order chi connectivity index (χ1) is 12.9. The topological polar surface area (TPSA) is 102 Å². The molecular weight excluding hydrogens is 373 g/mol. The van der Waals surface area contributed by atoms with E-state index in [0.717, 1.165) is 6.07 Å². The second-order valence-corrected chi connectivity index (χ2v) is 7.59. The van der Waals surface area contributed by atoms with Crippen molar-refractivity contribution in [1.29, 1.82) is 0 Å². The number of amides is 1. The summed E-state index contributed by atoms with van der Waals surface area (Å²) in [6, 6.07) is 13.9. The number of carbonyl (C=O) groups excluding carboxylic acids is 1. The van der Waals surface area contributed by atoms with Crippen LogP contribution in [0.4, 0.5) is 4.39 Å². The third-order valence-corrected chi connectivity index (χ3v) is 5.04. The second kappa shape index (κ2) is 8.09. The van der Waals surface area contributed by atoms with Crippen LogP contribution in [-0.2, 0) is 22.0 Å². The highest BCUT2D eigenvalue weighted by Gasteiger charge is 2.23. The number of rotatable bonds is 7. The van der Waals surface area contributed by atoms with Gasteiger partial charge in [-0.1, -0.05) is 41.5 Å². The molecule has 1 amide bonds. The van der Waals surface area contributed by atoms with Crippen molar-refractivity contribution in [3.05, 3.63) is 77.4 Å². The molecule has 140 valence electrons. The Bertz CT molecular complexity index is 1040. The number of sulfone groups is 1. The lowest BCUT2D eigenvalue weighted by Crippen LogP contribution is -2.25. The van der Waals surface area contributed by atoms with Gasteiger partial charge in [0.05, 0.1) is 5.75 Å². The van der Waals surface area contributed by atoms with Crippen LogP contribution in [0.3, 0.4) is 0 Å². The van der Waals surface area contributed by atoms with Crippen molar-refractivity contribution >= 4 is 15.7 Å². The summed E-state index contributed by atoms with van der Waals surface area (Å²) in [4.78, 5) is 11.9. The molecule has 27 heavy (non-hydrogen) atoms. The first-order valence-electron chi connectivity index (χ1n) is 8.07. The standard InChI is InChI=1S/C18H16FN3O4S/c19-15-8-4-7-14(11-15)17(23)20-10-9-16-21-22-18(26-16)27(24,25)12-13-5-2-1-3-6-13/h1-8,11H,9-10,12H2,(H,20,23). The largest absolute Gasteiger partial charge is 0.412 e. The average molecular weight is 389 g/mol. The van der Waals surface area contributed by atoms with Gasteiger partial charge in [0.25, 0.3) is 5.91 Å². The maximum absolute atomic E-state index is 13.1. The molecule has 0 radical (unpaired) electrons. The van der Waals surface area contributed by atoms with Gasteiger partial charge >= 0.3 is 5.22 Å². The molecule has 3 aromatic rings. The van der Waals surface area contributed by atoms with Gasteiger partial charge in [0.2, 0.25) is 15.7 Å². The fourth-order valence-electron chi connectivity index (χ4n) is 2.34. The summed E-state index contributed by atoms with van der Waals surface area (Å²) in [5.41, 5.74) is 0.797. The molecule has 0 saturated heterocycles. The monoisotopic (exact) mass is 389 g/mol. The van der Waals surface area contributed by atoms with Crippen LogP contribution in [0, 0.1) is 5.82 Å². The average Bonchev–Trinajstić information content (AvgIpc) is 3.12. The Morgan fingerprint density at radius 2 is 1.85 bits per heavy atom. The third kappa shape index (κ3) is 4.98. The van der Waals surface area contributed by atoms with Crippen molar-refractivity contribution in [2.45, 2.75) is 17.4 Å². The molecule has 9 heteroatoms. The van der Waals surface area contributed by atoms with Crippen LogP contribution < -0.4 is 5.32 Å². The summed E-state index contributed by atoms with van der Waals surface area (Å²) in [7, 11) is -3.75. The number of halogens is 1. The molecule has 0 fully saturated rings. The highest BCUT2D eigenvalue weighted by atomic mass is 32.2. The Labute approximate surface area is 155 Å². The fourth-order valence-corrected chi connectivity index (χ4v) is 3.48. The van der Waals surface area contributed by atoms with E-state index in [0.29, 0.717) is 5.56 Å². The Morgan fingerprint density at radius 1 is 1.07 bits per heavy atom. The highest BCUT2D eigenvalue weighted by molar-refractivity contribution is 7.90. The van der Waals surface area contributed by atoms with Gasteiger partial charge in [0, 0.05) is 18.5 Å². The van der Waals surface area contributed by atoms with E-state index in [9.17, 15) is 17.6 Å². The predicted octanol–water partition coefficient (Wildman–Crippen LogP) is 2.16. The van der Waals surface area contributed by atoms with Crippen molar-refractivity contribution in [1.82, 2.24) is 15.5 Å².